The smallest absolute Gasteiger partial charge is 0.265 e. The fourth-order valence-electron chi connectivity index (χ4n) is 0.861. The Labute approximate surface area is 95.1 Å². The summed E-state index contributed by atoms with van der Waals surface area (Å²) in [5, 5.41) is 0. The van der Waals surface area contributed by atoms with Crippen LogP contribution in [0, 0.1) is 5.41 Å². The molecule has 0 aliphatic carbocycles. The van der Waals surface area contributed by atoms with Crippen molar-refractivity contribution in [2.45, 2.75) is 33.2 Å². The van der Waals surface area contributed by atoms with Crippen LogP contribution in [-0.4, -0.2) is 28.2 Å². The molecule has 0 aromatic carbocycles. The highest BCUT2D eigenvalue weighted by atomic mass is 35.5. The molecule has 14 heavy (non-hydrogen) atoms. The first kappa shape index (κ1) is 14.5. The Hall–Kier alpha value is 0.450. The fraction of sp³-hybridized carbons (Fsp3) is 1.00. The molecule has 4 nitrogen and oxygen atoms in total. The van der Waals surface area contributed by atoms with E-state index in [2.05, 4.69) is 0 Å². The summed E-state index contributed by atoms with van der Waals surface area (Å²) < 4.78 is 31.2. The first-order valence-corrected chi connectivity index (χ1v) is 6.26. The van der Waals surface area contributed by atoms with E-state index in [1.54, 1.807) is 27.7 Å². The van der Waals surface area contributed by atoms with E-state index in [0.29, 0.717) is 0 Å². The molecule has 0 aliphatic heterocycles. The van der Waals surface area contributed by atoms with Gasteiger partial charge in [-0.25, -0.2) is 0 Å². The Morgan fingerprint density at radius 3 is 1.79 bits per heavy atom. The SMILES string of the molecule is CC(C)(CS(=O)(=O)O)C(C)(C)N(Cl)Cl. The minimum Gasteiger partial charge on any atom is -0.286 e. The van der Waals surface area contributed by atoms with Crippen molar-refractivity contribution in [2.75, 3.05) is 5.75 Å². The summed E-state index contributed by atoms with van der Waals surface area (Å²) in [4.78, 5) is 0. The molecule has 0 rings (SSSR count). The van der Waals surface area contributed by atoms with Gasteiger partial charge in [0.25, 0.3) is 10.1 Å². The second kappa shape index (κ2) is 4.14. The molecule has 0 heterocycles. The molecule has 0 radical (unpaired) electrons. The topological polar surface area (TPSA) is 57.6 Å². The molecule has 0 aromatic heterocycles. The van der Waals surface area contributed by atoms with Crippen LogP contribution in [0.2, 0.25) is 0 Å². The van der Waals surface area contributed by atoms with Crippen molar-refractivity contribution >= 4 is 33.7 Å². The highest BCUT2D eigenvalue weighted by molar-refractivity contribution is 7.85. The second-order valence-corrected chi connectivity index (χ2v) is 6.70. The van der Waals surface area contributed by atoms with Crippen molar-refractivity contribution in [3.63, 3.8) is 0 Å². The monoisotopic (exact) mass is 263 g/mol. The maximum absolute atomic E-state index is 10.8. The van der Waals surface area contributed by atoms with Gasteiger partial charge in [-0.05, 0) is 37.4 Å². The Kier molecular flexibility index (Phi) is 4.27. The van der Waals surface area contributed by atoms with Gasteiger partial charge in [0.15, 0.2) is 0 Å². The molecular weight excluding hydrogens is 249 g/mol. The van der Waals surface area contributed by atoms with Gasteiger partial charge >= 0.3 is 0 Å². The van der Waals surface area contributed by atoms with Crippen molar-refractivity contribution < 1.29 is 13.0 Å². The highest BCUT2D eigenvalue weighted by Crippen LogP contribution is 2.38. The van der Waals surface area contributed by atoms with E-state index in [0.717, 1.165) is 3.94 Å². The van der Waals surface area contributed by atoms with Gasteiger partial charge in [0.2, 0.25) is 0 Å². The van der Waals surface area contributed by atoms with Gasteiger partial charge in [0.05, 0.1) is 11.3 Å². The Balaban J connectivity index is 4.96. The Morgan fingerprint density at radius 2 is 1.57 bits per heavy atom. The van der Waals surface area contributed by atoms with Crippen LogP contribution in [0.5, 0.6) is 0 Å². The lowest BCUT2D eigenvalue weighted by atomic mass is 9.77. The van der Waals surface area contributed by atoms with Crippen molar-refractivity contribution in [1.82, 2.24) is 3.94 Å². The zero-order valence-corrected chi connectivity index (χ0v) is 10.9. The molecule has 0 fully saturated rings. The van der Waals surface area contributed by atoms with Gasteiger partial charge in [0, 0.05) is 5.41 Å². The Morgan fingerprint density at radius 1 is 1.21 bits per heavy atom. The van der Waals surface area contributed by atoms with Crippen LogP contribution >= 0.6 is 23.6 Å². The summed E-state index contributed by atoms with van der Waals surface area (Å²) in [6.07, 6.45) is 0. The van der Waals surface area contributed by atoms with E-state index in [1.807, 2.05) is 0 Å². The van der Waals surface area contributed by atoms with Crippen LogP contribution in [0.15, 0.2) is 0 Å². The zero-order valence-electron chi connectivity index (χ0n) is 8.58. The van der Waals surface area contributed by atoms with Gasteiger partial charge in [0.1, 0.15) is 0 Å². The molecule has 0 aliphatic rings. The van der Waals surface area contributed by atoms with Gasteiger partial charge in [-0.3, -0.25) is 4.55 Å². The van der Waals surface area contributed by atoms with Crippen molar-refractivity contribution in [1.29, 1.82) is 0 Å². The largest absolute Gasteiger partial charge is 0.286 e. The standard InChI is InChI=1S/C7H15Cl2NO3S/c1-6(2,5-14(11,12)13)7(3,4)10(8)9/h5H2,1-4H3,(H,11,12,13). The van der Waals surface area contributed by atoms with Crippen LogP contribution < -0.4 is 0 Å². The first-order chi connectivity index (χ1) is 5.90. The minimum absolute atomic E-state index is 0.400. The average molecular weight is 264 g/mol. The number of hydrogen-bond donors (Lipinski definition) is 1. The van der Waals surface area contributed by atoms with Gasteiger partial charge in [-0.2, -0.15) is 8.42 Å². The lowest BCUT2D eigenvalue weighted by Gasteiger charge is -2.42. The van der Waals surface area contributed by atoms with Crippen molar-refractivity contribution in [3.05, 3.63) is 0 Å². The number of hydrogen-bond acceptors (Lipinski definition) is 3. The van der Waals surface area contributed by atoms with Gasteiger partial charge < -0.3 is 0 Å². The predicted octanol–water partition coefficient (Wildman–Crippen LogP) is 2.29. The molecule has 0 unspecified atom stereocenters. The van der Waals surface area contributed by atoms with E-state index in [-0.39, 0.29) is 0 Å². The van der Waals surface area contributed by atoms with E-state index < -0.39 is 26.8 Å². The average Bonchev–Trinajstić information content (AvgIpc) is 1.80. The van der Waals surface area contributed by atoms with Crippen LogP contribution in [0.1, 0.15) is 27.7 Å². The van der Waals surface area contributed by atoms with Crippen LogP contribution in [0.4, 0.5) is 0 Å². The molecule has 0 atom stereocenters. The number of halogens is 2. The minimum atomic E-state index is -4.04. The quantitative estimate of drug-likeness (QED) is 0.625. The van der Waals surface area contributed by atoms with E-state index in [9.17, 15) is 8.42 Å². The van der Waals surface area contributed by atoms with Gasteiger partial charge in [-0.15, -0.1) is 3.94 Å². The summed E-state index contributed by atoms with van der Waals surface area (Å²) in [5.74, 6) is -0.400. The summed E-state index contributed by atoms with van der Waals surface area (Å²) in [5.41, 5.74) is -1.55. The van der Waals surface area contributed by atoms with Gasteiger partial charge in [-0.1, -0.05) is 13.8 Å². The van der Waals surface area contributed by atoms with Crippen LogP contribution in [0.3, 0.4) is 0 Å². The third-order valence-corrected chi connectivity index (χ3v) is 4.55. The van der Waals surface area contributed by atoms with E-state index in [4.69, 9.17) is 28.1 Å². The third-order valence-electron chi connectivity index (χ3n) is 2.62. The molecule has 0 saturated heterocycles. The van der Waals surface area contributed by atoms with Crippen molar-refractivity contribution in [3.8, 4) is 0 Å². The summed E-state index contributed by atoms with van der Waals surface area (Å²) >= 11 is 11.2. The summed E-state index contributed by atoms with van der Waals surface area (Å²) in [7, 11) is -4.04. The lowest BCUT2D eigenvalue weighted by Crippen LogP contribution is -2.49. The second-order valence-electron chi connectivity index (χ2n) is 4.40. The molecule has 0 spiro atoms. The lowest BCUT2D eigenvalue weighted by molar-refractivity contribution is 0.149. The zero-order chi connectivity index (χ0) is 11.8. The normalized spacial score (nSPS) is 14.9. The van der Waals surface area contributed by atoms with Crippen LogP contribution in [-0.2, 0) is 10.1 Å². The maximum Gasteiger partial charge on any atom is 0.265 e. The molecule has 1 N–H and O–H groups in total. The molecule has 7 heteroatoms. The fourth-order valence-corrected chi connectivity index (χ4v) is 2.58. The first-order valence-electron chi connectivity index (χ1n) is 3.97. The van der Waals surface area contributed by atoms with Crippen molar-refractivity contribution in [2.24, 2.45) is 5.41 Å². The van der Waals surface area contributed by atoms with E-state index in [1.165, 1.54) is 0 Å². The maximum atomic E-state index is 10.8. The predicted molar refractivity (Wildman–Crippen MR) is 57.8 cm³/mol. The number of nitrogens with zero attached hydrogens (tertiary/aromatic N) is 1. The molecule has 86 valence electrons. The van der Waals surface area contributed by atoms with Crippen LogP contribution in [0.25, 0.3) is 0 Å². The molecule has 0 bridgehead atoms. The molecular formula is C7H15Cl2NO3S. The highest BCUT2D eigenvalue weighted by Gasteiger charge is 2.43. The Bertz CT molecular complexity index is 298. The third kappa shape index (κ3) is 3.55. The summed E-state index contributed by atoms with van der Waals surface area (Å²) in [6, 6.07) is 0. The molecule has 0 saturated carbocycles. The molecule has 0 aromatic rings. The number of rotatable bonds is 4. The van der Waals surface area contributed by atoms with E-state index >= 15 is 0 Å². The summed E-state index contributed by atoms with van der Waals surface area (Å²) in [6.45, 7) is 6.72. The molecule has 0 amide bonds.